The van der Waals surface area contributed by atoms with Crippen molar-refractivity contribution in [3.8, 4) is 5.75 Å². The van der Waals surface area contributed by atoms with Gasteiger partial charge in [0.1, 0.15) is 11.5 Å². The highest BCUT2D eigenvalue weighted by Crippen LogP contribution is 2.15. The highest BCUT2D eigenvalue weighted by Gasteiger charge is 2.13. The standard InChI is InChI=1S/C17H25NO3/c1-4-5-12-18-17(20)14(3)21-16-10-8-15(9-11-16)7-6-13(2)19/h8-11,14H,4-7,12H2,1-3H3,(H,18,20). The summed E-state index contributed by atoms with van der Waals surface area (Å²) in [7, 11) is 0. The molecule has 1 aromatic carbocycles. The molecule has 1 N–H and O–H groups in total. The Morgan fingerprint density at radius 3 is 2.48 bits per heavy atom. The summed E-state index contributed by atoms with van der Waals surface area (Å²) in [5, 5.41) is 2.85. The molecule has 0 aliphatic rings. The number of ketones is 1. The fraction of sp³-hybridized carbons (Fsp3) is 0.529. The molecule has 0 spiro atoms. The summed E-state index contributed by atoms with van der Waals surface area (Å²) in [5.74, 6) is 0.761. The summed E-state index contributed by atoms with van der Waals surface area (Å²) < 4.78 is 5.61. The lowest BCUT2D eigenvalue weighted by Gasteiger charge is -2.14. The molecule has 0 saturated heterocycles. The van der Waals surface area contributed by atoms with E-state index in [1.54, 1.807) is 13.8 Å². The van der Waals surface area contributed by atoms with Gasteiger partial charge in [0.2, 0.25) is 0 Å². The van der Waals surface area contributed by atoms with Crippen molar-refractivity contribution in [3.05, 3.63) is 29.8 Å². The molecule has 1 unspecified atom stereocenters. The SMILES string of the molecule is CCCCNC(=O)C(C)Oc1ccc(CCC(C)=O)cc1. The van der Waals surface area contributed by atoms with E-state index in [0.717, 1.165) is 24.8 Å². The molecule has 0 aliphatic carbocycles. The number of nitrogens with one attached hydrogen (secondary N) is 1. The minimum Gasteiger partial charge on any atom is -0.481 e. The van der Waals surface area contributed by atoms with Crippen molar-refractivity contribution in [1.29, 1.82) is 0 Å². The third-order valence-corrected chi connectivity index (χ3v) is 3.20. The van der Waals surface area contributed by atoms with Crippen LogP contribution in [-0.2, 0) is 16.0 Å². The first-order valence-corrected chi connectivity index (χ1v) is 7.55. The highest BCUT2D eigenvalue weighted by molar-refractivity contribution is 5.80. The molecule has 4 heteroatoms. The van der Waals surface area contributed by atoms with E-state index in [4.69, 9.17) is 4.74 Å². The smallest absolute Gasteiger partial charge is 0.260 e. The fourth-order valence-corrected chi connectivity index (χ4v) is 1.84. The van der Waals surface area contributed by atoms with Gasteiger partial charge in [-0.3, -0.25) is 4.79 Å². The van der Waals surface area contributed by atoms with Crippen LogP contribution in [0, 0.1) is 0 Å². The van der Waals surface area contributed by atoms with Crippen molar-refractivity contribution in [2.24, 2.45) is 0 Å². The van der Waals surface area contributed by atoms with Gasteiger partial charge >= 0.3 is 0 Å². The maximum absolute atomic E-state index is 11.8. The van der Waals surface area contributed by atoms with Gasteiger partial charge in [-0.05, 0) is 44.4 Å². The second kappa shape index (κ2) is 9.16. The van der Waals surface area contributed by atoms with E-state index in [0.29, 0.717) is 18.7 Å². The molecule has 0 aromatic heterocycles. The van der Waals surface area contributed by atoms with Gasteiger partial charge in [0, 0.05) is 13.0 Å². The van der Waals surface area contributed by atoms with Gasteiger partial charge < -0.3 is 14.8 Å². The Kier molecular flexibility index (Phi) is 7.51. The highest BCUT2D eigenvalue weighted by atomic mass is 16.5. The molecule has 0 radical (unpaired) electrons. The number of rotatable bonds is 9. The van der Waals surface area contributed by atoms with Gasteiger partial charge in [0.05, 0.1) is 0 Å². The number of aryl methyl sites for hydroxylation is 1. The van der Waals surface area contributed by atoms with Gasteiger partial charge in [-0.25, -0.2) is 0 Å². The first kappa shape index (κ1) is 17.2. The molecule has 4 nitrogen and oxygen atoms in total. The van der Waals surface area contributed by atoms with Gasteiger partial charge in [-0.1, -0.05) is 25.5 Å². The zero-order valence-electron chi connectivity index (χ0n) is 13.1. The molecular formula is C17H25NO3. The molecule has 21 heavy (non-hydrogen) atoms. The number of hydrogen-bond acceptors (Lipinski definition) is 3. The van der Waals surface area contributed by atoms with E-state index in [2.05, 4.69) is 12.2 Å². The van der Waals surface area contributed by atoms with Crippen LogP contribution < -0.4 is 10.1 Å². The van der Waals surface area contributed by atoms with Gasteiger partial charge in [0.25, 0.3) is 5.91 Å². The summed E-state index contributed by atoms with van der Waals surface area (Å²) in [6.07, 6.45) is 2.81. The van der Waals surface area contributed by atoms with E-state index in [1.165, 1.54) is 0 Å². The van der Waals surface area contributed by atoms with Crippen molar-refractivity contribution in [2.75, 3.05) is 6.54 Å². The fourth-order valence-electron chi connectivity index (χ4n) is 1.84. The minimum absolute atomic E-state index is 0.0934. The number of amides is 1. The maximum Gasteiger partial charge on any atom is 0.260 e. The summed E-state index contributed by atoms with van der Waals surface area (Å²) >= 11 is 0. The van der Waals surface area contributed by atoms with Crippen LogP contribution in [0.25, 0.3) is 0 Å². The third kappa shape index (κ3) is 6.93. The average molecular weight is 291 g/mol. The lowest BCUT2D eigenvalue weighted by atomic mass is 10.1. The maximum atomic E-state index is 11.8. The van der Waals surface area contributed by atoms with Crippen molar-refractivity contribution in [2.45, 2.75) is 52.6 Å². The van der Waals surface area contributed by atoms with Crippen molar-refractivity contribution in [3.63, 3.8) is 0 Å². The molecule has 0 saturated carbocycles. The molecule has 116 valence electrons. The summed E-state index contributed by atoms with van der Waals surface area (Å²) in [6.45, 7) is 6.11. The number of benzene rings is 1. The normalized spacial score (nSPS) is 11.8. The number of Topliss-reactive ketones (excluding diaryl/α,β-unsaturated/α-hetero) is 1. The topological polar surface area (TPSA) is 55.4 Å². The lowest BCUT2D eigenvalue weighted by molar-refractivity contribution is -0.127. The number of carbonyl (C=O) groups is 2. The molecule has 1 atom stereocenters. The van der Waals surface area contributed by atoms with Crippen LogP contribution in [0.15, 0.2) is 24.3 Å². The quantitative estimate of drug-likeness (QED) is 0.712. The van der Waals surface area contributed by atoms with Crippen LogP contribution >= 0.6 is 0 Å². The predicted molar refractivity (Wildman–Crippen MR) is 83.5 cm³/mol. The first-order valence-electron chi connectivity index (χ1n) is 7.55. The van der Waals surface area contributed by atoms with Crippen LogP contribution in [-0.4, -0.2) is 24.3 Å². The number of hydrogen-bond donors (Lipinski definition) is 1. The molecule has 0 fully saturated rings. The Morgan fingerprint density at radius 1 is 1.24 bits per heavy atom. The van der Waals surface area contributed by atoms with Gasteiger partial charge in [-0.2, -0.15) is 0 Å². The second-order valence-electron chi connectivity index (χ2n) is 5.25. The average Bonchev–Trinajstić information content (AvgIpc) is 2.46. The third-order valence-electron chi connectivity index (χ3n) is 3.20. The van der Waals surface area contributed by atoms with Crippen LogP contribution in [0.5, 0.6) is 5.75 Å². The molecule has 1 aromatic rings. The number of unbranched alkanes of at least 4 members (excludes halogenated alkanes) is 1. The van der Waals surface area contributed by atoms with Crippen LogP contribution in [0.2, 0.25) is 0 Å². The lowest BCUT2D eigenvalue weighted by Crippen LogP contribution is -2.36. The Labute approximate surface area is 126 Å². The first-order chi connectivity index (χ1) is 10.0. The van der Waals surface area contributed by atoms with Crippen LogP contribution in [0.1, 0.15) is 45.6 Å². The summed E-state index contributed by atoms with van der Waals surface area (Å²) in [4.78, 5) is 22.7. The molecule has 0 aliphatic heterocycles. The monoisotopic (exact) mass is 291 g/mol. The molecular weight excluding hydrogens is 266 g/mol. The predicted octanol–water partition coefficient (Wildman–Crippen LogP) is 2.89. The number of carbonyl (C=O) groups excluding carboxylic acids is 2. The second-order valence-corrected chi connectivity index (χ2v) is 5.25. The summed E-state index contributed by atoms with van der Waals surface area (Å²) in [5.41, 5.74) is 1.10. The number of ether oxygens (including phenoxy) is 1. The van der Waals surface area contributed by atoms with Crippen LogP contribution in [0.3, 0.4) is 0 Å². The van der Waals surface area contributed by atoms with E-state index in [9.17, 15) is 9.59 Å². The van der Waals surface area contributed by atoms with Crippen molar-refractivity contribution in [1.82, 2.24) is 5.32 Å². The molecule has 1 amide bonds. The molecule has 1 rings (SSSR count). The van der Waals surface area contributed by atoms with Gasteiger partial charge in [0.15, 0.2) is 6.10 Å². The minimum atomic E-state index is -0.509. The zero-order valence-corrected chi connectivity index (χ0v) is 13.1. The Balaban J connectivity index is 2.43. The summed E-state index contributed by atoms with van der Waals surface area (Å²) in [6, 6.07) is 7.54. The van der Waals surface area contributed by atoms with Crippen LogP contribution in [0.4, 0.5) is 0 Å². The molecule has 0 heterocycles. The Hall–Kier alpha value is -1.84. The molecule has 0 bridgehead atoms. The van der Waals surface area contributed by atoms with E-state index in [1.807, 2.05) is 24.3 Å². The Bertz CT molecular complexity index is 454. The zero-order chi connectivity index (χ0) is 15.7. The van der Waals surface area contributed by atoms with Crippen molar-refractivity contribution < 1.29 is 14.3 Å². The van der Waals surface area contributed by atoms with E-state index >= 15 is 0 Å². The van der Waals surface area contributed by atoms with E-state index in [-0.39, 0.29) is 11.7 Å². The van der Waals surface area contributed by atoms with Gasteiger partial charge in [-0.15, -0.1) is 0 Å². The Morgan fingerprint density at radius 2 is 1.90 bits per heavy atom. The van der Waals surface area contributed by atoms with E-state index < -0.39 is 6.10 Å². The van der Waals surface area contributed by atoms with Crippen molar-refractivity contribution >= 4 is 11.7 Å². The largest absolute Gasteiger partial charge is 0.481 e.